The van der Waals surface area contributed by atoms with E-state index in [0.29, 0.717) is 5.41 Å². The van der Waals surface area contributed by atoms with Gasteiger partial charge in [0.2, 0.25) is 0 Å². The van der Waals surface area contributed by atoms with Gasteiger partial charge in [0.05, 0.1) is 6.61 Å². The SMILES string of the molecule is CN=C(NCCSc1ccc(Cl)cc1)N1CCC2(CCOC2)C1. The zero-order valence-corrected chi connectivity index (χ0v) is 15.1. The van der Waals surface area contributed by atoms with Crippen molar-refractivity contribution in [2.24, 2.45) is 10.4 Å². The quantitative estimate of drug-likeness (QED) is 0.390. The Morgan fingerprint density at radius 3 is 2.91 bits per heavy atom. The van der Waals surface area contributed by atoms with Crippen molar-refractivity contribution in [2.45, 2.75) is 17.7 Å². The van der Waals surface area contributed by atoms with Crippen LogP contribution in [0.2, 0.25) is 5.02 Å². The molecule has 1 unspecified atom stereocenters. The molecule has 1 spiro atoms. The number of benzene rings is 1. The molecule has 0 aliphatic carbocycles. The first-order valence-electron chi connectivity index (χ1n) is 8.13. The van der Waals surface area contributed by atoms with E-state index in [4.69, 9.17) is 16.3 Å². The average Bonchev–Trinajstić information content (AvgIpc) is 3.20. The molecule has 0 aromatic heterocycles. The second kappa shape index (κ2) is 7.77. The largest absolute Gasteiger partial charge is 0.381 e. The minimum atomic E-state index is 0.371. The number of halogens is 1. The van der Waals surface area contributed by atoms with Crippen LogP contribution in [0.15, 0.2) is 34.2 Å². The molecule has 2 fully saturated rings. The third-order valence-corrected chi connectivity index (χ3v) is 5.87. The Balaban J connectivity index is 1.42. The number of guanidine groups is 1. The maximum Gasteiger partial charge on any atom is 0.193 e. The van der Waals surface area contributed by atoms with Gasteiger partial charge in [-0.1, -0.05) is 11.6 Å². The van der Waals surface area contributed by atoms with Crippen molar-refractivity contribution in [3.63, 3.8) is 0 Å². The van der Waals surface area contributed by atoms with Crippen LogP contribution in [0.4, 0.5) is 0 Å². The number of thioether (sulfide) groups is 1. The molecule has 23 heavy (non-hydrogen) atoms. The fourth-order valence-electron chi connectivity index (χ4n) is 3.28. The Morgan fingerprint density at radius 2 is 2.22 bits per heavy atom. The van der Waals surface area contributed by atoms with Crippen molar-refractivity contribution in [3.8, 4) is 0 Å². The van der Waals surface area contributed by atoms with Gasteiger partial charge in [-0.2, -0.15) is 0 Å². The van der Waals surface area contributed by atoms with E-state index < -0.39 is 0 Å². The fourth-order valence-corrected chi connectivity index (χ4v) is 4.18. The molecule has 0 bridgehead atoms. The van der Waals surface area contributed by atoms with Gasteiger partial charge in [-0.3, -0.25) is 4.99 Å². The van der Waals surface area contributed by atoms with Crippen LogP contribution < -0.4 is 5.32 Å². The van der Waals surface area contributed by atoms with Crippen molar-refractivity contribution in [1.29, 1.82) is 0 Å². The first kappa shape index (κ1) is 16.9. The molecule has 2 aliphatic rings. The van der Waals surface area contributed by atoms with Gasteiger partial charge in [0.25, 0.3) is 0 Å². The summed E-state index contributed by atoms with van der Waals surface area (Å²) in [7, 11) is 1.87. The van der Waals surface area contributed by atoms with Crippen molar-refractivity contribution in [3.05, 3.63) is 29.3 Å². The number of nitrogens with zero attached hydrogens (tertiary/aromatic N) is 2. The maximum absolute atomic E-state index is 5.91. The molecule has 4 nitrogen and oxygen atoms in total. The summed E-state index contributed by atoms with van der Waals surface area (Å²) >= 11 is 7.73. The fraction of sp³-hybridized carbons (Fsp3) is 0.588. The highest BCUT2D eigenvalue weighted by molar-refractivity contribution is 7.99. The minimum absolute atomic E-state index is 0.371. The molecule has 1 N–H and O–H groups in total. The molecule has 0 radical (unpaired) electrons. The molecule has 1 aromatic carbocycles. The summed E-state index contributed by atoms with van der Waals surface area (Å²) < 4.78 is 5.60. The molecule has 2 heterocycles. The lowest BCUT2D eigenvalue weighted by atomic mass is 9.87. The van der Waals surface area contributed by atoms with Crippen LogP contribution in [-0.4, -0.2) is 56.5 Å². The second-order valence-electron chi connectivity index (χ2n) is 6.25. The lowest BCUT2D eigenvalue weighted by Crippen LogP contribution is -2.42. The van der Waals surface area contributed by atoms with Gasteiger partial charge in [0, 0.05) is 54.4 Å². The highest BCUT2D eigenvalue weighted by atomic mass is 35.5. The van der Waals surface area contributed by atoms with E-state index in [0.717, 1.165) is 49.6 Å². The number of ether oxygens (including phenoxy) is 1. The van der Waals surface area contributed by atoms with Crippen LogP contribution >= 0.6 is 23.4 Å². The zero-order valence-electron chi connectivity index (χ0n) is 13.6. The monoisotopic (exact) mass is 353 g/mol. The third kappa shape index (κ3) is 4.34. The average molecular weight is 354 g/mol. The smallest absolute Gasteiger partial charge is 0.193 e. The summed E-state index contributed by atoms with van der Waals surface area (Å²) in [6.45, 7) is 4.87. The minimum Gasteiger partial charge on any atom is -0.381 e. The molecule has 1 atom stereocenters. The number of hydrogen-bond donors (Lipinski definition) is 1. The predicted octanol–water partition coefficient (Wildman–Crippen LogP) is 3.12. The summed E-state index contributed by atoms with van der Waals surface area (Å²) in [6, 6.07) is 7.99. The first-order chi connectivity index (χ1) is 11.2. The van der Waals surface area contributed by atoms with Gasteiger partial charge in [0.1, 0.15) is 0 Å². The second-order valence-corrected chi connectivity index (χ2v) is 7.86. The Labute approximate surface area is 147 Å². The van der Waals surface area contributed by atoms with Gasteiger partial charge in [-0.05, 0) is 37.1 Å². The maximum atomic E-state index is 5.91. The molecule has 0 saturated carbocycles. The molecule has 6 heteroatoms. The summed E-state index contributed by atoms with van der Waals surface area (Å²) in [4.78, 5) is 8.07. The van der Waals surface area contributed by atoms with E-state index in [1.165, 1.54) is 17.7 Å². The van der Waals surface area contributed by atoms with Crippen LogP contribution in [0.25, 0.3) is 0 Å². The molecule has 1 aromatic rings. The van der Waals surface area contributed by atoms with E-state index in [-0.39, 0.29) is 0 Å². The first-order valence-corrected chi connectivity index (χ1v) is 9.49. The number of hydrogen-bond acceptors (Lipinski definition) is 3. The van der Waals surface area contributed by atoms with Crippen LogP contribution in [0.3, 0.4) is 0 Å². The number of rotatable bonds is 4. The molecule has 0 amide bonds. The molecular weight excluding hydrogens is 330 g/mol. The predicted molar refractivity (Wildman–Crippen MR) is 97.6 cm³/mol. The zero-order chi connectivity index (χ0) is 16.1. The molecule has 2 saturated heterocycles. The Bertz CT molecular complexity index is 543. The standard InChI is InChI=1S/C17H24ClN3OS/c1-19-16(21-9-6-17(12-21)7-10-22-13-17)20-8-11-23-15-4-2-14(18)3-5-15/h2-5H,6-13H2,1H3,(H,19,20). The van der Waals surface area contributed by atoms with E-state index in [1.54, 1.807) is 0 Å². The van der Waals surface area contributed by atoms with Crippen molar-refractivity contribution in [1.82, 2.24) is 10.2 Å². The highest BCUT2D eigenvalue weighted by Gasteiger charge is 2.42. The third-order valence-electron chi connectivity index (χ3n) is 4.60. The van der Waals surface area contributed by atoms with Crippen molar-refractivity contribution < 1.29 is 4.74 Å². The van der Waals surface area contributed by atoms with E-state index in [2.05, 4.69) is 27.3 Å². The van der Waals surface area contributed by atoms with E-state index in [9.17, 15) is 0 Å². The van der Waals surface area contributed by atoms with Gasteiger partial charge in [-0.25, -0.2) is 0 Å². The normalized spacial score (nSPS) is 24.6. The Morgan fingerprint density at radius 1 is 1.39 bits per heavy atom. The highest BCUT2D eigenvalue weighted by Crippen LogP contribution is 2.38. The lowest BCUT2D eigenvalue weighted by molar-refractivity contribution is 0.156. The van der Waals surface area contributed by atoms with Crippen molar-refractivity contribution in [2.75, 3.05) is 45.6 Å². The lowest BCUT2D eigenvalue weighted by Gasteiger charge is -2.24. The van der Waals surface area contributed by atoms with E-state index in [1.807, 2.05) is 30.9 Å². The summed E-state index contributed by atoms with van der Waals surface area (Å²) in [5.41, 5.74) is 0.371. The van der Waals surface area contributed by atoms with E-state index >= 15 is 0 Å². The van der Waals surface area contributed by atoms with Crippen molar-refractivity contribution >= 4 is 29.3 Å². The Hall–Kier alpha value is -0.910. The summed E-state index contributed by atoms with van der Waals surface area (Å²) in [5, 5.41) is 4.27. The number of likely N-dealkylation sites (tertiary alicyclic amines) is 1. The topological polar surface area (TPSA) is 36.9 Å². The van der Waals surface area contributed by atoms with Gasteiger partial charge >= 0.3 is 0 Å². The number of aliphatic imine (C=N–C) groups is 1. The van der Waals surface area contributed by atoms with Gasteiger partial charge < -0.3 is 15.0 Å². The van der Waals surface area contributed by atoms with Crippen LogP contribution in [0.5, 0.6) is 0 Å². The molecule has 3 rings (SSSR count). The van der Waals surface area contributed by atoms with Crippen LogP contribution in [-0.2, 0) is 4.74 Å². The number of nitrogens with one attached hydrogen (secondary N) is 1. The summed E-state index contributed by atoms with van der Waals surface area (Å²) in [6.07, 6.45) is 2.40. The summed E-state index contributed by atoms with van der Waals surface area (Å²) in [5.74, 6) is 2.02. The van der Waals surface area contributed by atoms with Gasteiger partial charge in [-0.15, -0.1) is 11.8 Å². The van der Waals surface area contributed by atoms with Crippen LogP contribution in [0.1, 0.15) is 12.8 Å². The Kier molecular flexibility index (Phi) is 5.72. The van der Waals surface area contributed by atoms with Crippen LogP contribution in [0, 0.1) is 5.41 Å². The molecule has 2 aliphatic heterocycles. The van der Waals surface area contributed by atoms with Gasteiger partial charge in [0.15, 0.2) is 5.96 Å². The molecular formula is C17H24ClN3OS. The molecule has 126 valence electrons.